The average Bonchev–Trinajstić information content (AvgIpc) is 2.80. The van der Waals surface area contributed by atoms with Gasteiger partial charge >= 0.3 is 6.18 Å². The lowest BCUT2D eigenvalue weighted by atomic mass is 9.76. The maximum absolute atomic E-state index is 14.6. The van der Waals surface area contributed by atoms with Crippen molar-refractivity contribution in [3.63, 3.8) is 0 Å². The summed E-state index contributed by atoms with van der Waals surface area (Å²) in [7, 11) is 1.23. The second kappa shape index (κ2) is 11.3. The Hall–Kier alpha value is -2.73. The van der Waals surface area contributed by atoms with E-state index < -0.39 is 40.8 Å². The first-order valence-electron chi connectivity index (χ1n) is 11.8. The van der Waals surface area contributed by atoms with E-state index in [9.17, 15) is 31.1 Å². The van der Waals surface area contributed by atoms with Gasteiger partial charge in [0, 0.05) is 12.6 Å². The number of rotatable bonds is 9. The Balaban J connectivity index is 1.84. The molecule has 2 unspecified atom stereocenters. The van der Waals surface area contributed by atoms with Gasteiger partial charge in [-0.2, -0.15) is 13.2 Å². The Morgan fingerprint density at radius 2 is 1.92 bits per heavy atom. The molecule has 0 spiro atoms. The number of hydrogen-bond acceptors (Lipinski definition) is 4. The second-order valence-corrected chi connectivity index (χ2v) is 11.1. The van der Waals surface area contributed by atoms with Gasteiger partial charge in [0.1, 0.15) is 17.6 Å². The van der Waals surface area contributed by atoms with E-state index in [1.54, 1.807) is 0 Å². The van der Waals surface area contributed by atoms with Gasteiger partial charge in [-0.1, -0.05) is 26.0 Å². The Labute approximate surface area is 215 Å². The van der Waals surface area contributed by atoms with Gasteiger partial charge in [0.05, 0.1) is 11.6 Å². The van der Waals surface area contributed by atoms with Gasteiger partial charge in [0.15, 0.2) is 0 Å². The van der Waals surface area contributed by atoms with E-state index in [1.165, 1.54) is 25.2 Å². The van der Waals surface area contributed by atoms with Gasteiger partial charge < -0.3 is 10.5 Å². The lowest BCUT2D eigenvalue weighted by molar-refractivity contribution is -0.141. The minimum absolute atomic E-state index is 0.0665. The van der Waals surface area contributed by atoms with Crippen LogP contribution in [0, 0.1) is 11.2 Å². The zero-order chi connectivity index (χ0) is 27.5. The van der Waals surface area contributed by atoms with Crippen LogP contribution in [0.3, 0.4) is 0 Å². The van der Waals surface area contributed by atoms with Gasteiger partial charge in [-0.05, 0) is 67.7 Å². The van der Waals surface area contributed by atoms with E-state index in [-0.39, 0.29) is 41.5 Å². The molecule has 1 fully saturated rings. The summed E-state index contributed by atoms with van der Waals surface area (Å²) in [5, 5.41) is 0. The molecule has 37 heavy (non-hydrogen) atoms. The van der Waals surface area contributed by atoms with Gasteiger partial charge in [-0.3, -0.25) is 13.7 Å². The molecule has 0 radical (unpaired) electrons. The standard InChI is InChI=1S/C25H31F4N3O4S/c1-24(2)12-10-17(11-13-24)36-23-15(6-9-21(31-23)25(27,28)29)4-7-18(22(30)33)16-5-8-20(19(26)14-16)32(3)37(34)35/h5-6,8-9,14,17-18H,4,7,10-13H2,1-3H3,(H2,30,33)(H,34,35). The van der Waals surface area contributed by atoms with Crippen LogP contribution in [0.4, 0.5) is 23.2 Å². The Kier molecular flexibility index (Phi) is 8.84. The molecule has 1 aromatic carbocycles. The van der Waals surface area contributed by atoms with Crippen LogP contribution in [0.5, 0.6) is 5.88 Å². The topological polar surface area (TPSA) is 106 Å². The minimum atomic E-state index is -4.65. The van der Waals surface area contributed by atoms with E-state index in [0.29, 0.717) is 18.4 Å². The minimum Gasteiger partial charge on any atom is -0.474 e. The zero-order valence-corrected chi connectivity index (χ0v) is 21.7. The van der Waals surface area contributed by atoms with E-state index in [4.69, 9.17) is 10.5 Å². The number of nitrogens with zero attached hydrogens (tertiary/aromatic N) is 2. The molecule has 12 heteroatoms. The quantitative estimate of drug-likeness (QED) is 0.326. The van der Waals surface area contributed by atoms with E-state index in [1.807, 2.05) is 0 Å². The summed E-state index contributed by atoms with van der Waals surface area (Å²) >= 11 is -2.44. The molecule has 7 nitrogen and oxygen atoms in total. The molecule has 1 amide bonds. The highest BCUT2D eigenvalue weighted by Crippen LogP contribution is 2.38. The van der Waals surface area contributed by atoms with Crippen LogP contribution in [0.25, 0.3) is 0 Å². The SMILES string of the molecule is CN(c1ccc(C(CCc2ccc(C(F)(F)F)nc2OC2CCC(C)(C)CC2)C(N)=O)cc1F)S(=O)O. The number of anilines is 1. The summed E-state index contributed by atoms with van der Waals surface area (Å²) in [6.45, 7) is 4.27. The van der Waals surface area contributed by atoms with Crippen LogP contribution in [0.15, 0.2) is 30.3 Å². The van der Waals surface area contributed by atoms with Crippen molar-refractivity contribution < 1.29 is 35.9 Å². The van der Waals surface area contributed by atoms with E-state index in [0.717, 1.165) is 29.3 Å². The van der Waals surface area contributed by atoms with E-state index >= 15 is 0 Å². The third-order valence-electron chi connectivity index (χ3n) is 6.79. The largest absolute Gasteiger partial charge is 0.474 e. The summed E-state index contributed by atoms with van der Waals surface area (Å²) in [4.78, 5) is 16.0. The molecule has 204 valence electrons. The van der Waals surface area contributed by atoms with Gasteiger partial charge in [-0.25, -0.2) is 13.6 Å². The number of nitrogens with two attached hydrogens (primary N) is 1. The first-order valence-corrected chi connectivity index (χ1v) is 12.9. The third kappa shape index (κ3) is 7.41. The van der Waals surface area contributed by atoms with E-state index in [2.05, 4.69) is 18.8 Å². The van der Waals surface area contributed by atoms with Crippen LogP contribution >= 0.6 is 0 Å². The third-order valence-corrected chi connectivity index (χ3v) is 7.45. The lowest BCUT2D eigenvalue weighted by Crippen LogP contribution is -2.29. The Morgan fingerprint density at radius 1 is 1.27 bits per heavy atom. The molecule has 1 aliphatic rings. The first-order chi connectivity index (χ1) is 17.2. The zero-order valence-electron chi connectivity index (χ0n) is 20.8. The maximum atomic E-state index is 14.6. The highest BCUT2D eigenvalue weighted by molar-refractivity contribution is 7.80. The molecule has 0 bridgehead atoms. The summed E-state index contributed by atoms with van der Waals surface area (Å²) in [5.74, 6) is -2.66. The van der Waals surface area contributed by atoms with Crippen LogP contribution in [-0.2, 0) is 28.7 Å². The fraction of sp³-hybridized carbons (Fsp3) is 0.520. The molecule has 1 aromatic heterocycles. The molecule has 0 saturated heterocycles. The number of alkyl halides is 3. The monoisotopic (exact) mass is 545 g/mol. The molecule has 1 heterocycles. The summed E-state index contributed by atoms with van der Waals surface area (Å²) < 4.78 is 81.8. The lowest BCUT2D eigenvalue weighted by Gasteiger charge is -2.34. The van der Waals surface area contributed by atoms with Gasteiger partial charge in [-0.15, -0.1) is 0 Å². The Bertz CT molecular complexity index is 1150. The van der Waals surface area contributed by atoms with Crippen LogP contribution < -0.4 is 14.8 Å². The van der Waals surface area contributed by atoms with Crippen molar-refractivity contribution in [3.8, 4) is 5.88 Å². The van der Waals surface area contributed by atoms with Crippen molar-refractivity contribution >= 4 is 22.9 Å². The second-order valence-electron chi connectivity index (χ2n) is 10.1. The van der Waals surface area contributed by atoms with Crippen LogP contribution in [-0.4, -0.2) is 32.8 Å². The molecule has 3 N–H and O–H groups in total. The molecular weight excluding hydrogens is 514 g/mol. The van der Waals surface area contributed by atoms with Crippen molar-refractivity contribution in [3.05, 3.63) is 53.0 Å². The fourth-order valence-corrected chi connectivity index (χ4v) is 4.74. The number of amides is 1. The van der Waals surface area contributed by atoms with Crippen LogP contribution in [0.1, 0.15) is 68.7 Å². The number of aromatic nitrogens is 1. The summed E-state index contributed by atoms with van der Waals surface area (Å²) in [6, 6.07) is 5.88. The number of carbonyl (C=O) groups excluding carboxylic acids is 1. The average molecular weight is 546 g/mol. The van der Waals surface area contributed by atoms with Gasteiger partial charge in [0.2, 0.25) is 11.8 Å². The molecule has 2 aromatic rings. The number of aryl methyl sites for hydroxylation is 1. The first kappa shape index (κ1) is 28.8. The van der Waals surface area contributed by atoms with Crippen molar-refractivity contribution in [2.45, 2.75) is 70.6 Å². The highest BCUT2D eigenvalue weighted by atomic mass is 32.2. The molecule has 1 saturated carbocycles. The van der Waals surface area contributed by atoms with Crippen molar-refractivity contribution in [2.24, 2.45) is 11.1 Å². The maximum Gasteiger partial charge on any atom is 0.433 e. The Morgan fingerprint density at radius 3 is 2.46 bits per heavy atom. The molecule has 3 rings (SSSR count). The van der Waals surface area contributed by atoms with Crippen molar-refractivity contribution in [2.75, 3.05) is 11.4 Å². The molecule has 0 aliphatic heterocycles. The van der Waals surface area contributed by atoms with Crippen molar-refractivity contribution in [1.29, 1.82) is 0 Å². The predicted octanol–water partition coefficient (Wildman–Crippen LogP) is 5.36. The summed E-state index contributed by atoms with van der Waals surface area (Å²) in [6.07, 6.45) is -1.63. The highest BCUT2D eigenvalue weighted by Gasteiger charge is 2.34. The van der Waals surface area contributed by atoms with Gasteiger partial charge in [0.25, 0.3) is 11.3 Å². The molecule has 2 atom stereocenters. The smallest absolute Gasteiger partial charge is 0.433 e. The van der Waals surface area contributed by atoms with Crippen molar-refractivity contribution in [1.82, 2.24) is 4.98 Å². The fourth-order valence-electron chi connectivity index (χ4n) is 4.42. The normalized spacial score (nSPS) is 17.7. The number of benzene rings is 1. The predicted molar refractivity (Wildman–Crippen MR) is 132 cm³/mol. The molecular formula is C25H31F4N3O4S. The number of primary amides is 1. The number of pyridine rings is 1. The number of ether oxygens (including phenoxy) is 1. The number of halogens is 4. The molecule has 1 aliphatic carbocycles. The summed E-state index contributed by atoms with van der Waals surface area (Å²) in [5.41, 5.74) is 5.12. The van der Waals surface area contributed by atoms with Crippen LogP contribution in [0.2, 0.25) is 0 Å². The number of hydrogen-bond donors (Lipinski definition) is 2. The number of carbonyl (C=O) groups is 1.